The van der Waals surface area contributed by atoms with E-state index in [0.29, 0.717) is 0 Å². The maximum atomic E-state index is 0. The molecule has 0 fully saturated rings. The minimum atomic E-state index is 0. The second-order valence-electron chi connectivity index (χ2n) is 0. The third-order valence-corrected chi connectivity index (χ3v) is 0. The van der Waals surface area contributed by atoms with Gasteiger partial charge in [-0.15, -0.1) is 0 Å². The normalized spacial score (nSPS) is 0. The van der Waals surface area contributed by atoms with E-state index in [1.54, 1.807) is 0 Å². The predicted molar refractivity (Wildman–Crippen MR) is 23.0 cm³/mol. The number of hydrogen-bond acceptors (Lipinski definition) is 0. The fourth-order valence-corrected chi connectivity index (χ4v) is 0. The van der Waals surface area contributed by atoms with Gasteiger partial charge in [0, 0.05) is 0 Å². The van der Waals surface area contributed by atoms with Crippen LogP contribution in [0.15, 0.2) is 0 Å². The molecule has 0 aliphatic carbocycles. The molecule has 0 aliphatic rings. The Balaban J connectivity index is 0. The molecule has 0 unspecified atom stereocenters. The molecule has 0 aliphatic heterocycles. The van der Waals surface area contributed by atoms with Gasteiger partial charge in [-0.3, -0.25) is 0 Å². The van der Waals surface area contributed by atoms with E-state index in [9.17, 15) is 0 Å². The zero-order valence-electron chi connectivity index (χ0n) is 2.03. The van der Waals surface area contributed by atoms with Crippen molar-refractivity contribution in [2.75, 3.05) is 0 Å². The monoisotopic (exact) mass is 423 g/mol. The van der Waals surface area contributed by atoms with Crippen LogP contribution >= 0.6 is 0 Å². The van der Waals surface area contributed by atoms with E-state index in [4.69, 9.17) is 0 Å². The topological polar surface area (TPSA) is 0 Å². The van der Waals surface area contributed by atoms with Crippen LogP contribution in [0.1, 0.15) is 0 Å². The van der Waals surface area contributed by atoms with Crippen LogP contribution in [-0.2, 0) is 17.1 Å². The minimum Gasteiger partial charge on any atom is -2.00 e. The molecule has 0 saturated carbocycles. The van der Waals surface area contributed by atoms with Crippen molar-refractivity contribution in [1.82, 2.24) is 0 Å². The Morgan fingerprint density at radius 2 is 0.600 bits per heavy atom. The molecule has 0 nitrogen and oxygen atoms in total. The predicted octanol–water partition coefficient (Wildman–Crippen LogP) is -1.53. The average Bonchev–Trinajstić information content (AvgIpc) is 0. The molecule has 0 aromatic rings. The summed E-state index contributed by atoms with van der Waals surface area (Å²) in [5.41, 5.74) is 0. The Hall–Kier alpha value is 2.88. The zero-order valence-corrected chi connectivity index (χ0v) is 11.0. The van der Waals surface area contributed by atoms with Crippen molar-refractivity contribution in [2.24, 2.45) is 0 Å². The van der Waals surface area contributed by atoms with Gasteiger partial charge in [-0.1, -0.05) is 0 Å². The van der Waals surface area contributed by atoms with Crippen LogP contribution in [0.2, 0.25) is 0 Å². The van der Waals surface area contributed by atoms with Crippen molar-refractivity contribution < 1.29 is 17.1 Å². The molecule has 5 heavy (non-hydrogen) atoms. The van der Waals surface area contributed by atoms with Crippen LogP contribution in [0.4, 0.5) is 0 Å². The smallest absolute Gasteiger partial charge is 2.00 e. The molecule has 0 heterocycles. The summed E-state index contributed by atoms with van der Waals surface area (Å²) in [6.45, 7) is 0. The van der Waals surface area contributed by atoms with Gasteiger partial charge < -0.3 is 51.2 Å². The SMILES string of the molecule is [Cu+2].[Se-2].[Se-2].[Se-2].[Sn+4]. The van der Waals surface area contributed by atoms with Crippen molar-refractivity contribution in [3.05, 3.63) is 0 Å². The Morgan fingerprint density at radius 3 is 0.600 bits per heavy atom. The summed E-state index contributed by atoms with van der Waals surface area (Å²) in [5, 5.41) is 0. The Bertz CT molecular complexity index is 6.85. The van der Waals surface area contributed by atoms with E-state index in [-0.39, 0.29) is 92.2 Å². The first-order chi connectivity index (χ1) is 0. The molecule has 0 bridgehead atoms. The molecule has 5 heteroatoms. The fourth-order valence-electron chi connectivity index (χ4n) is 0. The van der Waals surface area contributed by atoms with Crippen LogP contribution in [0.3, 0.4) is 0 Å². The molecular formula is CuSe3Sn. The van der Waals surface area contributed by atoms with Gasteiger partial charge in [-0.2, -0.15) is 0 Å². The van der Waals surface area contributed by atoms with Crippen molar-refractivity contribution in [2.45, 2.75) is 0 Å². The molecule has 0 rings (SSSR count). The first-order valence-electron chi connectivity index (χ1n) is 0. The van der Waals surface area contributed by atoms with Crippen molar-refractivity contribution in [3.8, 4) is 0 Å². The van der Waals surface area contributed by atoms with E-state index in [0.717, 1.165) is 0 Å². The molecule has 0 aromatic heterocycles. The van der Waals surface area contributed by atoms with Gasteiger partial charge in [0.2, 0.25) is 0 Å². The minimum absolute atomic E-state index is 0. The quantitative estimate of drug-likeness (QED) is 0.419. The Labute approximate surface area is 90.8 Å². The first kappa shape index (κ1) is 45.0. The summed E-state index contributed by atoms with van der Waals surface area (Å²) in [4.78, 5) is 0. The number of rotatable bonds is 0. The number of hydrogen-bond donors (Lipinski definition) is 0. The van der Waals surface area contributed by atoms with Gasteiger partial charge in [0.25, 0.3) is 0 Å². The largest absolute Gasteiger partial charge is 4.00 e. The van der Waals surface area contributed by atoms with Crippen molar-refractivity contribution >= 4 is 75.1 Å². The summed E-state index contributed by atoms with van der Waals surface area (Å²) in [5.74, 6) is 0. The summed E-state index contributed by atoms with van der Waals surface area (Å²) in [7, 11) is 0. The molecule has 0 aromatic carbocycles. The molecule has 33 valence electrons. The van der Waals surface area contributed by atoms with Crippen LogP contribution < -0.4 is 0 Å². The average molecular weight is 419 g/mol. The molecule has 0 saturated heterocycles. The van der Waals surface area contributed by atoms with E-state index >= 15 is 0 Å². The van der Waals surface area contributed by atoms with Gasteiger partial charge in [-0.05, 0) is 0 Å². The molecule has 0 N–H and O–H groups in total. The summed E-state index contributed by atoms with van der Waals surface area (Å²) in [6.07, 6.45) is 0. The second-order valence-corrected chi connectivity index (χ2v) is 0. The third-order valence-electron chi connectivity index (χ3n) is 0. The third kappa shape index (κ3) is 19.8. The first-order valence-corrected chi connectivity index (χ1v) is 0. The molecular weight excluding hydrogens is 419 g/mol. The summed E-state index contributed by atoms with van der Waals surface area (Å²) < 4.78 is 0. The maximum absolute atomic E-state index is 0. The summed E-state index contributed by atoms with van der Waals surface area (Å²) in [6, 6.07) is 0. The Morgan fingerprint density at radius 1 is 0.600 bits per heavy atom. The van der Waals surface area contributed by atoms with Crippen molar-refractivity contribution in [1.29, 1.82) is 0 Å². The van der Waals surface area contributed by atoms with Gasteiger partial charge >= 0.3 is 41.0 Å². The molecule has 1 radical (unpaired) electrons. The van der Waals surface area contributed by atoms with E-state index in [2.05, 4.69) is 0 Å². The van der Waals surface area contributed by atoms with E-state index in [1.807, 2.05) is 0 Å². The molecule has 0 amide bonds. The van der Waals surface area contributed by atoms with Crippen LogP contribution in [0.25, 0.3) is 0 Å². The van der Waals surface area contributed by atoms with Gasteiger partial charge in [0.05, 0.1) is 0 Å². The Kier molecular flexibility index (Phi) is 258. The summed E-state index contributed by atoms with van der Waals surface area (Å²) >= 11 is 0. The fraction of sp³-hybridized carbons (Fsp3) is 0. The zero-order chi connectivity index (χ0) is 0. The van der Waals surface area contributed by atoms with Crippen LogP contribution in [-0.4, -0.2) is 75.1 Å². The molecule has 0 spiro atoms. The van der Waals surface area contributed by atoms with Gasteiger partial charge in [0.1, 0.15) is 0 Å². The van der Waals surface area contributed by atoms with Crippen LogP contribution in [0, 0.1) is 0 Å². The van der Waals surface area contributed by atoms with E-state index < -0.39 is 0 Å². The standard InChI is InChI=1S/Cu.3Se.Sn/q+2;3*-2;+4. The second kappa shape index (κ2) is 28.7. The van der Waals surface area contributed by atoms with E-state index in [1.165, 1.54) is 0 Å². The van der Waals surface area contributed by atoms with Gasteiger partial charge in [0.15, 0.2) is 0 Å². The molecule has 0 atom stereocenters. The maximum Gasteiger partial charge on any atom is 4.00 e. The van der Waals surface area contributed by atoms with Crippen molar-refractivity contribution in [3.63, 3.8) is 0 Å². The van der Waals surface area contributed by atoms with Gasteiger partial charge in [-0.25, -0.2) is 0 Å². The van der Waals surface area contributed by atoms with Crippen LogP contribution in [0.5, 0.6) is 0 Å².